The van der Waals surface area contributed by atoms with Crippen LogP contribution in [0, 0.1) is 12.7 Å². The van der Waals surface area contributed by atoms with E-state index in [0.717, 1.165) is 16.7 Å². The van der Waals surface area contributed by atoms with Gasteiger partial charge in [-0.15, -0.1) is 0 Å². The van der Waals surface area contributed by atoms with Crippen LogP contribution in [0.25, 0.3) is 22.4 Å². The average molecular weight is 392 g/mol. The molecule has 0 aliphatic rings. The molecule has 29 heavy (non-hydrogen) atoms. The fourth-order valence-electron chi connectivity index (χ4n) is 2.92. The number of hydrogen-bond donors (Lipinski definition) is 1. The maximum atomic E-state index is 12.9. The minimum absolute atomic E-state index is 0.119. The van der Waals surface area contributed by atoms with E-state index < -0.39 is 5.56 Å². The van der Waals surface area contributed by atoms with Gasteiger partial charge in [0.15, 0.2) is 0 Å². The Labute approximate surface area is 164 Å². The summed E-state index contributed by atoms with van der Waals surface area (Å²) in [5.41, 5.74) is 2.65. The van der Waals surface area contributed by atoms with Gasteiger partial charge in [-0.25, -0.2) is 9.37 Å². The third kappa shape index (κ3) is 3.91. The lowest BCUT2D eigenvalue weighted by atomic mass is 10.1. The number of rotatable bonds is 5. The number of hydrogen-bond acceptors (Lipinski definition) is 5. The normalized spacial score (nSPS) is 11.0. The third-order valence-corrected chi connectivity index (χ3v) is 4.51. The van der Waals surface area contributed by atoms with Gasteiger partial charge in [-0.1, -0.05) is 47.1 Å². The SMILES string of the molecule is Cc1ccc(-c2noc3ncn(CC(=O)NCc4ccc(F)cc4)c(=O)c23)cc1. The molecule has 2 aromatic heterocycles. The predicted molar refractivity (Wildman–Crippen MR) is 104 cm³/mol. The van der Waals surface area contributed by atoms with Crippen molar-refractivity contribution in [3.05, 3.63) is 82.2 Å². The topological polar surface area (TPSA) is 90.0 Å². The summed E-state index contributed by atoms with van der Waals surface area (Å²) in [6, 6.07) is 13.3. The van der Waals surface area contributed by atoms with Gasteiger partial charge in [0, 0.05) is 12.1 Å². The maximum absolute atomic E-state index is 12.9. The molecular formula is C21H17FN4O3. The highest BCUT2D eigenvalue weighted by Gasteiger charge is 2.17. The Morgan fingerprint density at radius 2 is 1.86 bits per heavy atom. The van der Waals surface area contributed by atoms with Crippen LogP contribution in [-0.4, -0.2) is 20.6 Å². The van der Waals surface area contributed by atoms with Crippen LogP contribution in [0.3, 0.4) is 0 Å². The van der Waals surface area contributed by atoms with E-state index in [4.69, 9.17) is 4.52 Å². The van der Waals surface area contributed by atoms with Crippen molar-refractivity contribution in [2.24, 2.45) is 0 Å². The van der Waals surface area contributed by atoms with Crippen molar-refractivity contribution >= 4 is 17.0 Å². The van der Waals surface area contributed by atoms with Crippen molar-refractivity contribution in [1.29, 1.82) is 0 Å². The molecule has 4 aromatic rings. The van der Waals surface area contributed by atoms with Crippen LogP contribution in [0.4, 0.5) is 4.39 Å². The minimum Gasteiger partial charge on any atom is -0.350 e. The highest BCUT2D eigenvalue weighted by molar-refractivity contribution is 5.88. The van der Waals surface area contributed by atoms with E-state index in [1.807, 2.05) is 31.2 Å². The van der Waals surface area contributed by atoms with Crippen LogP contribution in [0.15, 0.2) is 64.2 Å². The first-order valence-electron chi connectivity index (χ1n) is 8.94. The fourth-order valence-corrected chi connectivity index (χ4v) is 2.92. The number of benzene rings is 2. The molecule has 7 nitrogen and oxygen atoms in total. The van der Waals surface area contributed by atoms with E-state index in [2.05, 4.69) is 15.5 Å². The van der Waals surface area contributed by atoms with Crippen LogP contribution < -0.4 is 10.9 Å². The van der Waals surface area contributed by atoms with Crippen molar-refractivity contribution in [2.75, 3.05) is 0 Å². The number of nitrogens with zero attached hydrogens (tertiary/aromatic N) is 3. The van der Waals surface area contributed by atoms with Gasteiger partial charge < -0.3 is 9.84 Å². The lowest BCUT2D eigenvalue weighted by molar-refractivity contribution is -0.121. The molecule has 1 N–H and O–H groups in total. The van der Waals surface area contributed by atoms with E-state index in [-0.39, 0.29) is 35.9 Å². The van der Waals surface area contributed by atoms with Gasteiger partial charge in [0.05, 0.1) is 0 Å². The quantitative estimate of drug-likeness (QED) is 0.564. The zero-order chi connectivity index (χ0) is 20.4. The summed E-state index contributed by atoms with van der Waals surface area (Å²) < 4.78 is 19.3. The van der Waals surface area contributed by atoms with Crippen LogP contribution >= 0.6 is 0 Å². The Hall–Kier alpha value is -3.81. The van der Waals surface area contributed by atoms with Crippen molar-refractivity contribution in [3.63, 3.8) is 0 Å². The zero-order valence-corrected chi connectivity index (χ0v) is 15.6. The smallest absolute Gasteiger partial charge is 0.267 e. The molecule has 0 aliphatic heterocycles. The first-order chi connectivity index (χ1) is 14.0. The van der Waals surface area contributed by atoms with Crippen LogP contribution in [0.2, 0.25) is 0 Å². The molecular weight excluding hydrogens is 375 g/mol. The standard InChI is InChI=1S/C21H17FN4O3/c1-13-2-6-15(7-3-13)19-18-20(29-25-19)24-12-26(21(18)28)11-17(27)23-10-14-4-8-16(22)9-5-14/h2-9,12H,10-11H2,1H3,(H,23,27). The number of aromatic nitrogens is 3. The van der Waals surface area contributed by atoms with Crippen LogP contribution in [0.1, 0.15) is 11.1 Å². The molecule has 0 spiro atoms. The summed E-state index contributed by atoms with van der Waals surface area (Å²) in [5.74, 6) is -0.713. The first kappa shape index (κ1) is 18.5. The van der Waals surface area contributed by atoms with E-state index >= 15 is 0 Å². The van der Waals surface area contributed by atoms with Gasteiger partial charge in [0.1, 0.15) is 29.8 Å². The first-order valence-corrected chi connectivity index (χ1v) is 8.94. The second-order valence-electron chi connectivity index (χ2n) is 6.66. The van der Waals surface area contributed by atoms with Gasteiger partial charge in [-0.2, -0.15) is 0 Å². The van der Waals surface area contributed by atoms with Gasteiger partial charge in [-0.3, -0.25) is 14.2 Å². The Morgan fingerprint density at radius 1 is 1.14 bits per heavy atom. The molecule has 4 rings (SSSR count). The zero-order valence-electron chi connectivity index (χ0n) is 15.6. The van der Waals surface area contributed by atoms with Crippen molar-refractivity contribution < 1.29 is 13.7 Å². The van der Waals surface area contributed by atoms with E-state index in [1.54, 1.807) is 12.1 Å². The second-order valence-corrected chi connectivity index (χ2v) is 6.66. The summed E-state index contributed by atoms with van der Waals surface area (Å²) in [5, 5.41) is 6.90. The summed E-state index contributed by atoms with van der Waals surface area (Å²) >= 11 is 0. The summed E-state index contributed by atoms with van der Waals surface area (Å²) in [6.07, 6.45) is 1.26. The van der Waals surface area contributed by atoms with Gasteiger partial charge in [0.2, 0.25) is 5.91 Å². The van der Waals surface area contributed by atoms with Gasteiger partial charge in [0.25, 0.3) is 11.3 Å². The number of aryl methyl sites for hydroxylation is 1. The molecule has 0 aliphatic carbocycles. The molecule has 0 saturated heterocycles. The van der Waals surface area contributed by atoms with E-state index in [0.29, 0.717) is 5.69 Å². The van der Waals surface area contributed by atoms with E-state index in [9.17, 15) is 14.0 Å². The number of fused-ring (bicyclic) bond motifs is 1. The second kappa shape index (κ2) is 7.67. The minimum atomic E-state index is -0.413. The highest BCUT2D eigenvalue weighted by Crippen LogP contribution is 2.24. The molecule has 2 aromatic carbocycles. The van der Waals surface area contributed by atoms with Crippen molar-refractivity contribution in [3.8, 4) is 11.3 Å². The third-order valence-electron chi connectivity index (χ3n) is 4.51. The van der Waals surface area contributed by atoms with Crippen molar-refractivity contribution in [1.82, 2.24) is 20.0 Å². The summed E-state index contributed by atoms with van der Waals surface area (Å²) in [6.45, 7) is 1.98. The average Bonchev–Trinajstić information content (AvgIpc) is 3.15. The molecule has 8 heteroatoms. The Morgan fingerprint density at radius 3 is 2.59 bits per heavy atom. The highest BCUT2D eigenvalue weighted by atomic mass is 19.1. The molecule has 2 heterocycles. The monoisotopic (exact) mass is 392 g/mol. The summed E-state index contributed by atoms with van der Waals surface area (Å²) in [4.78, 5) is 29.3. The fraction of sp³-hybridized carbons (Fsp3) is 0.143. The molecule has 0 bridgehead atoms. The lowest BCUT2D eigenvalue weighted by Gasteiger charge is -2.07. The molecule has 146 valence electrons. The van der Waals surface area contributed by atoms with Gasteiger partial charge in [-0.05, 0) is 24.6 Å². The number of amides is 1. The maximum Gasteiger partial charge on any atom is 0.267 e. The number of carbonyl (C=O) groups is 1. The molecule has 1 amide bonds. The Kier molecular flexibility index (Phi) is 4.90. The van der Waals surface area contributed by atoms with Crippen molar-refractivity contribution in [2.45, 2.75) is 20.0 Å². The lowest BCUT2D eigenvalue weighted by Crippen LogP contribution is -2.32. The number of halogens is 1. The molecule has 0 radical (unpaired) electrons. The molecule has 0 fully saturated rings. The molecule has 0 unspecified atom stereocenters. The Bertz CT molecular complexity index is 1230. The largest absolute Gasteiger partial charge is 0.350 e. The van der Waals surface area contributed by atoms with E-state index in [1.165, 1.54) is 23.0 Å². The number of nitrogens with one attached hydrogen (secondary N) is 1. The predicted octanol–water partition coefficient (Wildman–Crippen LogP) is 2.82. The number of carbonyl (C=O) groups excluding carboxylic acids is 1. The van der Waals surface area contributed by atoms with Gasteiger partial charge >= 0.3 is 0 Å². The Balaban J connectivity index is 1.56. The summed E-state index contributed by atoms with van der Waals surface area (Å²) in [7, 11) is 0. The van der Waals surface area contributed by atoms with Crippen LogP contribution in [0.5, 0.6) is 0 Å². The van der Waals surface area contributed by atoms with Crippen LogP contribution in [-0.2, 0) is 17.9 Å². The molecule has 0 saturated carbocycles. The molecule has 0 atom stereocenters.